The summed E-state index contributed by atoms with van der Waals surface area (Å²) in [6.45, 7) is 17.6. The van der Waals surface area contributed by atoms with Crippen LogP contribution >= 0.6 is 0 Å². The van der Waals surface area contributed by atoms with Crippen molar-refractivity contribution in [3.05, 3.63) is 133 Å². The summed E-state index contributed by atoms with van der Waals surface area (Å²) >= 11 is 0. The lowest BCUT2D eigenvalue weighted by Gasteiger charge is -2.44. The number of fused-ring (bicyclic) bond motifs is 13. The molecule has 0 amide bonds. The number of ether oxygens (including phenoxy) is 1. The van der Waals surface area contributed by atoms with Crippen molar-refractivity contribution < 1.29 is 9.15 Å². The zero-order chi connectivity index (χ0) is 33.1. The van der Waals surface area contributed by atoms with E-state index < -0.39 is 0 Å². The summed E-state index contributed by atoms with van der Waals surface area (Å²) in [7, 11) is 0. The van der Waals surface area contributed by atoms with Crippen LogP contribution in [0.5, 0.6) is 5.75 Å². The summed E-state index contributed by atoms with van der Waals surface area (Å²) in [5, 5.41) is 3.51. The van der Waals surface area contributed by atoms with Crippen molar-refractivity contribution in [1.82, 2.24) is 8.97 Å². The van der Waals surface area contributed by atoms with Crippen molar-refractivity contribution >= 4 is 84.0 Å². The van der Waals surface area contributed by atoms with E-state index in [1.165, 1.54) is 55.3 Å². The second-order valence-electron chi connectivity index (χ2n) is 14.7. The van der Waals surface area contributed by atoms with E-state index >= 15 is 0 Å². The van der Waals surface area contributed by atoms with Crippen LogP contribution in [-0.2, 0) is 5.41 Å². The van der Waals surface area contributed by atoms with Gasteiger partial charge in [-0.05, 0) is 70.7 Å². The minimum Gasteiger partial charge on any atom is -0.454 e. The quantitative estimate of drug-likeness (QED) is 0.170. The van der Waals surface area contributed by atoms with Crippen LogP contribution in [0, 0.1) is 6.92 Å². The second kappa shape index (κ2) is 8.77. The van der Waals surface area contributed by atoms with Gasteiger partial charge in [-0.15, -0.1) is 0 Å². The first-order valence-corrected chi connectivity index (χ1v) is 17.0. The molecule has 0 unspecified atom stereocenters. The van der Waals surface area contributed by atoms with Gasteiger partial charge in [0.2, 0.25) is 0 Å². The van der Waals surface area contributed by atoms with Gasteiger partial charge in [-0.2, -0.15) is 0 Å². The Morgan fingerprint density at radius 2 is 1.59 bits per heavy atom. The topological polar surface area (TPSA) is 35.0 Å². The molecule has 3 aliphatic heterocycles. The number of hydrogen-bond donors (Lipinski definition) is 0. The van der Waals surface area contributed by atoms with E-state index in [1.807, 2.05) is 12.2 Å². The molecule has 3 aliphatic rings. The maximum atomic E-state index is 6.84. The molecule has 6 heterocycles. The molecule has 234 valence electrons. The molecule has 0 N–H and O–H groups in total. The third-order valence-corrected chi connectivity index (χ3v) is 11.1. The molecule has 11 rings (SSSR count). The SMILES string of the molecule is C=C/C=C1\C(=C)Oc2cccc3c2N1c1cc(C(C)(C)C)cc2c1B3c1cc3c4ccccc4oc3c3c1n-2c1c(C)c2ccccc2n31. The van der Waals surface area contributed by atoms with Crippen molar-refractivity contribution in [2.75, 3.05) is 4.90 Å². The molecule has 49 heavy (non-hydrogen) atoms. The van der Waals surface area contributed by atoms with E-state index in [-0.39, 0.29) is 12.1 Å². The first-order chi connectivity index (χ1) is 23.8. The van der Waals surface area contributed by atoms with Crippen molar-refractivity contribution in [3.63, 3.8) is 0 Å². The molecule has 5 aromatic carbocycles. The second-order valence-corrected chi connectivity index (χ2v) is 14.7. The maximum absolute atomic E-state index is 6.84. The molecular weight excluding hydrogens is 601 g/mol. The largest absolute Gasteiger partial charge is 0.454 e. The highest BCUT2D eigenvalue weighted by atomic mass is 16.5. The molecular formula is C43H32BN3O2. The number of para-hydroxylation sites is 3. The summed E-state index contributed by atoms with van der Waals surface area (Å²) in [4.78, 5) is 2.37. The summed E-state index contributed by atoms with van der Waals surface area (Å²) in [5.74, 6) is 1.43. The summed E-state index contributed by atoms with van der Waals surface area (Å²) in [6, 6.07) is 30.9. The predicted octanol–water partition coefficient (Wildman–Crippen LogP) is 8.80. The number of aryl methyl sites for hydroxylation is 1. The van der Waals surface area contributed by atoms with E-state index in [0.717, 1.165) is 50.3 Å². The summed E-state index contributed by atoms with van der Waals surface area (Å²) < 4.78 is 18.3. The van der Waals surface area contributed by atoms with Gasteiger partial charge in [-0.25, -0.2) is 0 Å². The van der Waals surface area contributed by atoms with Gasteiger partial charge in [0, 0.05) is 33.1 Å². The number of aromatic nitrogens is 2. The molecule has 0 bridgehead atoms. The van der Waals surface area contributed by atoms with Gasteiger partial charge in [-0.1, -0.05) is 94.6 Å². The fourth-order valence-corrected chi connectivity index (χ4v) is 8.99. The van der Waals surface area contributed by atoms with E-state index in [4.69, 9.17) is 9.15 Å². The lowest BCUT2D eigenvalue weighted by molar-refractivity contribution is 0.426. The third kappa shape index (κ3) is 3.13. The third-order valence-electron chi connectivity index (χ3n) is 11.1. The number of allylic oxidation sites excluding steroid dienone is 2. The Morgan fingerprint density at radius 1 is 0.816 bits per heavy atom. The maximum Gasteiger partial charge on any atom is 0.252 e. The number of rotatable bonds is 1. The zero-order valence-corrected chi connectivity index (χ0v) is 27.9. The van der Waals surface area contributed by atoms with Crippen LogP contribution in [0.2, 0.25) is 0 Å². The summed E-state index contributed by atoms with van der Waals surface area (Å²) in [5.41, 5.74) is 17.0. The van der Waals surface area contributed by atoms with E-state index in [9.17, 15) is 0 Å². The fraction of sp³-hybridized carbons (Fsp3) is 0.116. The van der Waals surface area contributed by atoms with Crippen molar-refractivity contribution in [3.8, 4) is 11.4 Å². The molecule has 0 atom stereocenters. The Morgan fingerprint density at radius 3 is 2.41 bits per heavy atom. The van der Waals surface area contributed by atoms with E-state index in [1.54, 1.807) is 0 Å². The summed E-state index contributed by atoms with van der Waals surface area (Å²) in [6.07, 6.45) is 3.85. The number of imidazole rings is 1. The standard InChI is InChI=1S/C43H32BN3O2/c1-7-13-31-24(3)48-36-19-12-16-29-38(36)45(31)33-20-25(43(4,5)6)21-34-37(33)44(29)30-22-28-27-15-9-11-18-35(27)49-41(28)40-39(30)47(34)42-23(2)26-14-8-10-17-32(26)46(40)42/h7-22H,1,3H2,2,4-6H3/b31-13+. The van der Waals surface area contributed by atoms with Gasteiger partial charge >= 0.3 is 0 Å². The van der Waals surface area contributed by atoms with Crippen LogP contribution in [0.1, 0.15) is 31.9 Å². The molecule has 5 nitrogen and oxygen atoms in total. The molecule has 6 heteroatoms. The van der Waals surface area contributed by atoms with Gasteiger partial charge in [0.15, 0.2) is 11.3 Å². The fourth-order valence-electron chi connectivity index (χ4n) is 8.99. The highest BCUT2D eigenvalue weighted by Gasteiger charge is 2.47. The molecule has 0 aliphatic carbocycles. The molecule has 3 aromatic heterocycles. The first kappa shape index (κ1) is 27.1. The lowest BCUT2D eigenvalue weighted by Crippen LogP contribution is -2.61. The number of anilines is 2. The van der Waals surface area contributed by atoms with Gasteiger partial charge in [0.05, 0.1) is 22.4 Å². The molecule has 0 saturated carbocycles. The average Bonchev–Trinajstić information content (AvgIpc) is 3.73. The predicted molar refractivity (Wildman–Crippen MR) is 204 cm³/mol. The molecule has 0 saturated heterocycles. The Bertz CT molecular complexity index is 2910. The average molecular weight is 634 g/mol. The minimum absolute atomic E-state index is 0.0376. The van der Waals surface area contributed by atoms with Gasteiger partial charge in [0.1, 0.15) is 22.5 Å². The first-order valence-electron chi connectivity index (χ1n) is 17.0. The van der Waals surface area contributed by atoms with Gasteiger partial charge in [0.25, 0.3) is 6.71 Å². The van der Waals surface area contributed by atoms with Crippen LogP contribution in [0.25, 0.3) is 55.2 Å². The van der Waals surface area contributed by atoms with Crippen LogP contribution in [0.4, 0.5) is 11.4 Å². The number of hydrogen-bond acceptors (Lipinski definition) is 3. The van der Waals surface area contributed by atoms with Crippen LogP contribution < -0.4 is 26.0 Å². The van der Waals surface area contributed by atoms with Crippen LogP contribution in [0.15, 0.2) is 126 Å². The Balaban J connectivity index is 1.44. The van der Waals surface area contributed by atoms with Crippen LogP contribution in [-0.4, -0.2) is 15.7 Å². The molecule has 8 aromatic rings. The Kier molecular flexibility index (Phi) is 4.85. The monoisotopic (exact) mass is 633 g/mol. The smallest absolute Gasteiger partial charge is 0.252 e. The Labute approximate surface area is 283 Å². The normalized spacial score (nSPS) is 15.6. The van der Waals surface area contributed by atoms with Gasteiger partial charge in [-0.3, -0.25) is 8.97 Å². The van der Waals surface area contributed by atoms with E-state index in [0.29, 0.717) is 5.76 Å². The highest BCUT2D eigenvalue weighted by molar-refractivity contribution is 7.00. The van der Waals surface area contributed by atoms with Crippen molar-refractivity contribution in [1.29, 1.82) is 0 Å². The number of nitrogens with zero attached hydrogens (tertiary/aromatic N) is 3. The number of benzene rings is 5. The molecule has 0 fully saturated rings. The van der Waals surface area contributed by atoms with Crippen LogP contribution in [0.3, 0.4) is 0 Å². The minimum atomic E-state index is -0.111. The van der Waals surface area contributed by atoms with E-state index in [2.05, 4.69) is 140 Å². The highest BCUT2D eigenvalue weighted by Crippen LogP contribution is 2.49. The Hall–Kier alpha value is -5.88. The molecule has 0 radical (unpaired) electrons. The van der Waals surface area contributed by atoms with Crippen molar-refractivity contribution in [2.24, 2.45) is 0 Å². The van der Waals surface area contributed by atoms with Crippen molar-refractivity contribution in [2.45, 2.75) is 33.1 Å². The number of furan rings is 1. The lowest BCUT2D eigenvalue weighted by atomic mass is 9.33. The van der Waals surface area contributed by atoms with Gasteiger partial charge < -0.3 is 14.1 Å². The zero-order valence-electron chi connectivity index (χ0n) is 27.9. The molecule has 0 spiro atoms.